The molecule has 0 saturated heterocycles. The molecule has 1 unspecified atom stereocenters. The Balaban J connectivity index is 0. The van der Waals surface area contributed by atoms with Gasteiger partial charge < -0.3 is 10.2 Å². The van der Waals surface area contributed by atoms with Crippen molar-refractivity contribution in [1.29, 1.82) is 0 Å². The second-order valence-electron chi connectivity index (χ2n) is 4.69. The molecule has 0 bridgehead atoms. The number of hydrogen-bond acceptors (Lipinski definition) is 2. The van der Waals surface area contributed by atoms with Crippen molar-refractivity contribution < 1.29 is 15.0 Å². The lowest BCUT2D eigenvalue weighted by Gasteiger charge is -2.09. The molecule has 16 heavy (non-hydrogen) atoms. The molecular formula is C13H28O3. The number of hydrogen-bond donors (Lipinski definition) is 2. The molecule has 0 rings (SSSR count). The van der Waals surface area contributed by atoms with E-state index in [1.807, 2.05) is 0 Å². The quantitative estimate of drug-likeness (QED) is 0.708. The average Bonchev–Trinajstić information content (AvgIpc) is 2.18. The van der Waals surface area contributed by atoms with Gasteiger partial charge in [0.1, 0.15) is 0 Å². The van der Waals surface area contributed by atoms with Crippen molar-refractivity contribution in [2.75, 3.05) is 6.61 Å². The van der Waals surface area contributed by atoms with E-state index in [-0.39, 0.29) is 6.42 Å². The number of carbonyl (C=O) groups is 1. The van der Waals surface area contributed by atoms with E-state index in [1.54, 1.807) is 6.92 Å². The molecule has 3 heteroatoms. The Morgan fingerprint density at radius 1 is 1.12 bits per heavy atom. The maximum absolute atomic E-state index is 9.37. The van der Waals surface area contributed by atoms with Crippen LogP contribution >= 0.6 is 0 Å². The third-order valence-electron chi connectivity index (χ3n) is 2.40. The Morgan fingerprint density at radius 2 is 1.62 bits per heavy atom. The topological polar surface area (TPSA) is 57.5 Å². The largest absolute Gasteiger partial charge is 0.481 e. The molecule has 0 aliphatic rings. The van der Waals surface area contributed by atoms with E-state index in [0.29, 0.717) is 12.5 Å². The fourth-order valence-electron chi connectivity index (χ4n) is 1.24. The van der Waals surface area contributed by atoms with Crippen LogP contribution < -0.4 is 0 Å². The summed E-state index contributed by atoms with van der Waals surface area (Å²) in [5.41, 5.74) is 0. The molecule has 2 N–H and O–H groups in total. The van der Waals surface area contributed by atoms with E-state index in [1.165, 1.54) is 19.3 Å². The van der Waals surface area contributed by atoms with Gasteiger partial charge in [0.05, 0.1) is 0 Å². The van der Waals surface area contributed by atoms with Crippen LogP contribution in [0.5, 0.6) is 0 Å². The Hall–Kier alpha value is -0.570. The zero-order chi connectivity index (χ0) is 13.0. The summed E-state index contributed by atoms with van der Waals surface area (Å²) in [6.07, 6.45) is 5.12. The highest BCUT2D eigenvalue weighted by Crippen LogP contribution is 2.14. The van der Waals surface area contributed by atoms with Crippen molar-refractivity contribution in [3.8, 4) is 0 Å². The van der Waals surface area contributed by atoms with E-state index in [2.05, 4.69) is 20.8 Å². The van der Waals surface area contributed by atoms with Crippen LogP contribution in [0.3, 0.4) is 0 Å². The van der Waals surface area contributed by atoms with Crippen molar-refractivity contribution >= 4 is 5.97 Å². The van der Waals surface area contributed by atoms with Crippen LogP contribution in [0.1, 0.15) is 59.8 Å². The second kappa shape index (κ2) is 12.5. The Labute approximate surface area is 99.9 Å². The number of aliphatic hydroxyl groups excluding tert-OH is 1. The predicted molar refractivity (Wildman–Crippen MR) is 67.5 cm³/mol. The number of aliphatic hydroxyl groups is 1. The summed E-state index contributed by atoms with van der Waals surface area (Å²) in [5, 5.41) is 16.4. The maximum Gasteiger partial charge on any atom is 0.303 e. The average molecular weight is 232 g/mol. The fourth-order valence-corrected chi connectivity index (χ4v) is 1.24. The summed E-state index contributed by atoms with van der Waals surface area (Å²) >= 11 is 0. The number of aliphatic carboxylic acids is 1. The molecule has 0 spiro atoms. The lowest BCUT2D eigenvalue weighted by atomic mass is 9.98. The van der Waals surface area contributed by atoms with E-state index in [4.69, 9.17) is 10.2 Å². The lowest BCUT2D eigenvalue weighted by Crippen LogP contribution is -1.98. The molecule has 98 valence electrons. The summed E-state index contributed by atoms with van der Waals surface area (Å²) in [6.45, 7) is 8.69. The molecule has 0 aliphatic carbocycles. The Morgan fingerprint density at radius 3 is 1.94 bits per heavy atom. The van der Waals surface area contributed by atoms with Gasteiger partial charge in [0.25, 0.3) is 0 Å². The molecule has 0 aromatic carbocycles. The molecule has 0 fully saturated rings. The molecule has 0 heterocycles. The lowest BCUT2D eigenvalue weighted by molar-refractivity contribution is -0.136. The van der Waals surface area contributed by atoms with Crippen molar-refractivity contribution in [3.05, 3.63) is 0 Å². The summed E-state index contributed by atoms with van der Waals surface area (Å²) < 4.78 is 0. The van der Waals surface area contributed by atoms with E-state index < -0.39 is 5.97 Å². The zero-order valence-electron chi connectivity index (χ0n) is 11.2. The Bertz CT molecular complexity index is 155. The van der Waals surface area contributed by atoms with Gasteiger partial charge in [-0.15, -0.1) is 0 Å². The van der Waals surface area contributed by atoms with Crippen LogP contribution in [-0.4, -0.2) is 22.8 Å². The summed E-state index contributed by atoms with van der Waals surface area (Å²) in [4.78, 5) is 9.37. The zero-order valence-corrected chi connectivity index (χ0v) is 11.2. The standard InChI is InChI=1S/C10H22O.C3H6O2/c1-9(2)5-4-6-10(3)7-8-11;1-2-3(4)5/h9-11H,4-8H2,1-3H3;2H2,1H3,(H,4,5). The maximum atomic E-state index is 9.37. The SMILES string of the molecule is CC(C)CCCC(C)CCO.CCC(=O)O. The van der Waals surface area contributed by atoms with Gasteiger partial charge in [-0.2, -0.15) is 0 Å². The summed E-state index contributed by atoms with van der Waals surface area (Å²) in [5.74, 6) is 0.792. The van der Waals surface area contributed by atoms with Gasteiger partial charge in [-0.05, 0) is 18.3 Å². The molecule has 1 atom stereocenters. The van der Waals surface area contributed by atoms with E-state index >= 15 is 0 Å². The summed E-state index contributed by atoms with van der Waals surface area (Å²) in [6, 6.07) is 0. The molecule has 3 nitrogen and oxygen atoms in total. The van der Waals surface area contributed by atoms with E-state index in [0.717, 1.165) is 12.3 Å². The van der Waals surface area contributed by atoms with Crippen LogP contribution in [0, 0.1) is 11.8 Å². The normalized spacial score (nSPS) is 11.9. The molecule has 0 aliphatic heterocycles. The number of carboxylic acids is 1. The third-order valence-corrected chi connectivity index (χ3v) is 2.40. The number of carboxylic acid groups (broad SMARTS) is 1. The highest BCUT2D eigenvalue weighted by Gasteiger charge is 2.01. The minimum atomic E-state index is -0.745. The van der Waals surface area contributed by atoms with Gasteiger partial charge in [0, 0.05) is 13.0 Å². The highest BCUT2D eigenvalue weighted by atomic mass is 16.4. The van der Waals surface area contributed by atoms with Gasteiger partial charge >= 0.3 is 5.97 Å². The van der Waals surface area contributed by atoms with Crippen molar-refractivity contribution in [2.24, 2.45) is 11.8 Å². The fraction of sp³-hybridized carbons (Fsp3) is 0.923. The van der Waals surface area contributed by atoms with Crippen LogP contribution in [0.2, 0.25) is 0 Å². The predicted octanol–water partition coefficient (Wildman–Crippen LogP) is 3.31. The van der Waals surface area contributed by atoms with Crippen molar-refractivity contribution in [1.82, 2.24) is 0 Å². The van der Waals surface area contributed by atoms with Gasteiger partial charge in [-0.3, -0.25) is 4.79 Å². The van der Waals surface area contributed by atoms with Gasteiger partial charge in [0.15, 0.2) is 0 Å². The van der Waals surface area contributed by atoms with Crippen LogP contribution in [0.15, 0.2) is 0 Å². The molecule has 0 aromatic heterocycles. The van der Waals surface area contributed by atoms with Crippen LogP contribution in [0.25, 0.3) is 0 Å². The molecule has 0 radical (unpaired) electrons. The smallest absolute Gasteiger partial charge is 0.303 e. The monoisotopic (exact) mass is 232 g/mol. The van der Waals surface area contributed by atoms with Gasteiger partial charge in [-0.25, -0.2) is 0 Å². The minimum absolute atomic E-state index is 0.222. The number of rotatable bonds is 7. The van der Waals surface area contributed by atoms with Crippen molar-refractivity contribution in [2.45, 2.75) is 59.8 Å². The minimum Gasteiger partial charge on any atom is -0.481 e. The van der Waals surface area contributed by atoms with E-state index in [9.17, 15) is 4.79 Å². The van der Waals surface area contributed by atoms with Gasteiger partial charge in [-0.1, -0.05) is 47.0 Å². The second-order valence-corrected chi connectivity index (χ2v) is 4.69. The first-order chi connectivity index (χ1) is 7.43. The van der Waals surface area contributed by atoms with Gasteiger partial charge in [0.2, 0.25) is 0 Å². The molecular weight excluding hydrogens is 204 g/mol. The van der Waals surface area contributed by atoms with Crippen LogP contribution in [0.4, 0.5) is 0 Å². The van der Waals surface area contributed by atoms with Crippen LogP contribution in [-0.2, 0) is 4.79 Å². The molecule has 0 aromatic rings. The first kappa shape index (κ1) is 17.8. The summed E-state index contributed by atoms with van der Waals surface area (Å²) in [7, 11) is 0. The highest BCUT2D eigenvalue weighted by molar-refractivity contribution is 5.66. The molecule has 0 amide bonds. The molecule has 0 saturated carbocycles. The van der Waals surface area contributed by atoms with Crippen molar-refractivity contribution in [3.63, 3.8) is 0 Å². The first-order valence-electron chi connectivity index (χ1n) is 6.26. The first-order valence-corrected chi connectivity index (χ1v) is 6.26. The Kier molecular flexibility index (Phi) is 13.9. The third kappa shape index (κ3) is 19.1.